The fraction of sp³-hybridized carbons (Fsp3) is 0.333. The average molecular weight is 355 g/mol. The molecule has 0 radical (unpaired) electrons. The monoisotopic (exact) mass is 355 g/mol. The molecule has 0 saturated carbocycles. The van der Waals surface area contributed by atoms with E-state index in [4.69, 9.17) is 9.47 Å². The Morgan fingerprint density at radius 2 is 1.69 bits per heavy atom. The third-order valence-corrected chi connectivity index (χ3v) is 3.76. The van der Waals surface area contributed by atoms with Gasteiger partial charge < -0.3 is 14.8 Å². The lowest BCUT2D eigenvalue weighted by Crippen LogP contribution is -2.21. The van der Waals surface area contributed by atoms with Gasteiger partial charge in [0.1, 0.15) is 5.75 Å². The second-order valence-corrected chi connectivity index (χ2v) is 6.25. The van der Waals surface area contributed by atoms with Crippen LogP contribution in [0.1, 0.15) is 38.2 Å². The van der Waals surface area contributed by atoms with Crippen LogP contribution in [0.5, 0.6) is 5.75 Å². The molecule has 0 unspecified atom stereocenters. The predicted octanol–water partition coefficient (Wildman–Crippen LogP) is 4.15. The first-order valence-electron chi connectivity index (χ1n) is 8.78. The molecule has 138 valence electrons. The zero-order valence-corrected chi connectivity index (χ0v) is 15.2. The van der Waals surface area contributed by atoms with Crippen molar-refractivity contribution in [2.75, 3.05) is 18.5 Å². The minimum atomic E-state index is -0.410. The van der Waals surface area contributed by atoms with Crippen LogP contribution >= 0.6 is 0 Å². The number of hydrogen-bond acceptors (Lipinski definition) is 4. The molecule has 0 fully saturated rings. The minimum Gasteiger partial charge on any atom is -0.494 e. The molecule has 1 amide bonds. The number of benzene rings is 2. The molecule has 0 bridgehead atoms. The van der Waals surface area contributed by atoms with Gasteiger partial charge in [0.25, 0.3) is 5.91 Å². The second kappa shape index (κ2) is 10.2. The van der Waals surface area contributed by atoms with Gasteiger partial charge in [-0.3, -0.25) is 9.59 Å². The molecule has 2 aromatic carbocycles. The summed E-state index contributed by atoms with van der Waals surface area (Å²) in [6.07, 6.45) is 0.745. The summed E-state index contributed by atoms with van der Waals surface area (Å²) in [4.78, 5) is 23.5. The van der Waals surface area contributed by atoms with Gasteiger partial charge in [0.15, 0.2) is 6.61 Å². The highest BCUT2D eigenvalue weighted by molar-refractivity contribution is 5.92. The van der Waals surface area contributed by atoms with E-state index in [-0.39, 0.29) is 18.9 Å². The van der Waals surface area contributed by atoms with Gasteiger partial charge in [0, 0.05) is 12.1 Å². The highest BCUT2D eigenvalue weighted by Crippen LogP contribution is 2.17. The predicted molar refractivity (Wildman–Crippen MR) is 101 cm³/mol. The van der Waals surface area contributed by atoms with Crippen molar-refractivity contribution in [3.05, 3.63) is 60.2 Å². The van der Waals surface area contributed by atoms with Crippen LogP contribution in [0.2, 0.25) is 0 Å². The fourth-order valence-corrected chi connectivity index (χ4v) is 2.29. The van der Waals surface area contributed by atoms with Crippen molar-refractivity contribution < 1.29 is 19.1 Å². The van der Waals surface area contributed by atoms with E-state index in [0.717, 1.165) is 5.75 Å². The number of para-hydroxylation sites is 1. The van der Waals surface area contributed by atoms with E-state index in [1.807, 2.05) is 54.6 Å². The van der Waals surface area contributed by atoms with E-state index in [0.29, 0.717) is 24.6 Å². The average Bonchev–Trinajstić information content (AvgIpc) is 2.65. The zero-order chi connectivity index (χ0) is 18.8. The smallest absolute Gasteiger partial charge is 0.306 e. The molecule has 0 aliphatic carbocycles. The van der Waals surface area contributed by atoms with Crippen molar-refractivity contribution in [2.24, 2.45) is 0 Å². The summed E-state index contributed by atoms with van der Waals surface area (Å²) in [5.41, 5.74) is 1.89. The second-order valence-electron chi connectivity index (χ2n) is 6.25. The van der Waals surface area contributed by atoms with Crippen LogP contribution in [0.25, 0.3) is 0 Å². The van der Waals surface area contributed by atoms with Crippen molar-refractivity contribution in [3.8, 4) is 5.75 Å². The van der Waals surface area contributed by atoms with Crippen LogP contribution in [-0.4, -0.2) is 25.1 Å². The maximum absolute atomic E-state index is 11.8. The van der Waals surface area contributed by atoms with E-state index in [1.165, 1.54) is 5.56 Å². The van der Waals surface area contributed by atoms with Gasteiger partial charge in [-0.15, -0.1) is 0 Å². The quantitative estimate of drug-likeness (QED) is 0.542. The molecule has 5 heteroatoms. The van der Waals surface area contributed by atoms with Crippen molar-refractivity contribution in [1.29, 1.82) is 0 Å². The Labute approximate surface area is 154 Å². The molecule has 26 heavy (non-hydrogen) atoms. The molecule has 0 atom stereocenters. The fourth-order valence-electron chi connectivity index (χ4n) is 2.29. The largest absolute Gasteiger partial charge is 0.494 e. The van der Waals surface area contributed by atoms with Crippen LogP contribution in [0.15, 0.2) is 54.6 Å². The number of anilines is 1. The summed E-state index contributed by atoms with van der Waals surface area (Å²) in [6, 6.07) is 17.0. The topological polar surface area (TPSA) is 64.6 Å². The van der Waals surface area contributed by atoms with E-state index in [1.54, 1.807) is 0 Å². The summed E-state index contributed by atoms with van der Waals surface area (Å²) in [7, 11) is 0. The normalized spacial score (nSPS) is 10.4. The van der Waals surface area contributed by atoms with Crippen molar-refractivity contribution in [1.82, 2.24) is 0 Å². The molecular weight excluding hydrogens is 330 g/mol. The number of rotatable bonds is 9. The minimum absolute atomic E-state index is 0.212. The third-order valence-electron chi connectivity index (χ3n) is 3.76. The van der Waals surface area contributed by atoms with Gasteiger partial charge in [0.05, 0.1) is 6.61 Å². The molecule has 0 heterocycles. The Morgan fingerprint density at radius 1 is 1.00 bits per heavy atom. The molecule has 2 rings (SSSR count). The Hall–Kier alpha value is -2.82. The SMILES string of the molecule is CC(C)c1ccc(NC(=O)COC(=O)CCCOc2ccccc2)cc1. The zero-order valence-electron chi connectivity index (χ0n) is 15.2. The highest BCUT2D eigenvalue weighted by Gasteiger charge is 2.08. The van der Waals surface area contributed by atoms with Gasteiger partial charge in [-0.2, -0.15) is 0 Å². The van der Waals surface area contributed by atoms with E-state index < -0.39 is 5.97 Å². The van der Waals surface area contributed by atoms with Gasteiger partial charge in [-0.05, 0) is 42.2 Å². The third kappa shape index (κ3) is 6.97. The van der Waals surface area contributed by atoms with Gasteiger partial charge >= 0.3 is 5.97 Å². The summed E-state index contributed by atoms with van der Waals surface area (Å²) in [5, 5.41) is 2.71. The Balaban J connectivity index is 1.61. The Kier molecular flexibility index (Phi) is 7.68. The van der Waals surface area contributed by atoms with E-state index in [9.17, 15) is 9.59 Å². The van der Waals surface area contributed by atoms with E-state index >= 15 is 0 Å². The lowest BCUT2D eigenvalue weighted by Gasteiger charge is -2.09. The molecule has 0 saturated heterocycles. The number of esters is 1. The summed E-state index contributed by atoms with van der Waals surface area (Å²) in [6.45, 7) is 4.35. The maximum atomic E-state index is 11.8. The number of ether oxygens (including phenoxy) is 2. The van der Waals surface area contributed by atoms with E-state index in [2.05, 4.69) is 19.2 Å². The molecule has 0 aliphatic rings. The van der Waals surface area contributed by atoms with Gasteiger partial charge in [-0.25, -0.2) is 0 Å². The first-order chi connectivity index (χ1) is 12.5. The van der Waals surface area contributed by atoms with Crippen molar-refractivity contribution >= 4 is 17.6 Å². The lowest BCUT2D eigenvalue weighted by atomic mass is 10.0. The van der Waals surface area contributed by atoms with Crippen LogP contribution < -0.4 is 10.1 Å². The summed E-state index contributed by atoms with van der Waals surface area (Å²) < 4.78 is 10.5. The molecule has 0 spiro atoms. The maximum Gasteiger partial charge on any atom is 0.306 e. The standard InChI is InChI=1S/C21H25NO4/c1-16(2)17-10-12-18(13-11-17)22-20(23)15-26-21(24)9-6-14-25-19-7-4-3-5-8-19/h3-5,7-8,10-13,16H,6,9,14-15H2,1-2H3,(H,22,23). The summed E-state index contributed by atoms with van der Waals surface area (Å²) >= 11 is 0. The first-order valence-corrected chi connectivity index (χ1v) is 8.78. The number of carbonyl (C=O) groups is 2. The lowest BCUT2D eigenvalue weighted by molar-refractivity contribution is -0.147. The highest BCUT2D eigenvalue weighted by atomic mass is 16.5. The molecule has 0 aromatic heterocycles. The molecule has 1 N–H and O–H groups in total. The van der Waals surface area contributed by atoms with Crippen LogP contribution in [0.4, 0.5) is 5.69 Å². The van der Waals surface area contributed by atoms with Gasteiger partial charge in [0.2, 0.25) is 0 Å². The van der Waals surface area contributed by atoms with Gasteiger partial charge in [-0.1, -0.05) is 44.2 Å². The number of nitrogens with one attached hydrogen (secondary N) is 1. The first kappa shape index (κ1) is 19.5. The number of amides is 1. The number of hydrogen-bond donors (Lipinski definition) is 1. The van der Waals surface area contributed by atoms with Crippen LogP contribution in [-0.2, 0) is 14.3 Å². The van der Waals surface area contributed by atoms with Crippen LogP contribution in [0.3, 0.4) is 0 Å². The van der Waals surface area contributed by atoms with Crippen molar-refractivity contribution in [2.45, 2.75) is 32.6 Å². The molecular formula is C21H25NO4. The number of carbonyl (C=O) groups excluding carboxylic acids is 2. The molecule has 2 aromatic rings. The van der Waals surface area contributed by atoms with Crippen LogP contribution in [0, 0.1) is 0 Å². The molecule has 5 nitrogen and oxygen atoms in total. The Bertz CT molecular complexity index is 696. The molecule has 0 aliphatic heterocycles. The summed E-state index contributed by atoms with van der Waals surface area (Å²) in [5.74, 6) is 0.443. The Morgan fingerprint density at radius 3 is 2.35 bits per heavy atom. The van der Waals surface area contributed by atoms with Crippen molar-refractivity contribution in [3.63, 3.8) is 0 Å².